The summed E-state index contributed by atoms with van der Waals surface area (Å²) in [5.74, 6) is -0.800. The summed E-state index contributed by atoms with van der Waals surface area (Å²) in [5, 5.41) is 0. The molecule has 0 aliphatic carbocycles. The highest BCUT2D eigenvalue weighted by Crippen LogP contribution is 2.15. The van der Waals surface area contributed by atoms with E-state index < -0.39 is 18.8 Å². The number of halogens is 3. The number of esters is 1. The van der Waals surface area contributed by atoms with Crippen molar-refractivity contribution in [2.24, 2.45) is 0 Å². The first-order valence-corrected chi connectivity index (χ1v) is 4.29. The Balaban J connectivity index is 3.42. The highest BCUT2D eigenvalue weighted by molar-refractivity contribution is 5.69. The van der Waals surface area contributed by atoms with Gasteiger partial charge < -0.3 is 4.74 Å². The minimum Gasteiger partial charge on any atom is -0.456 e. The monoisotopic (exact) mass is 210 g/mol. The van der Waals surface area contributed by atoms with Gasteiger partial charge in [0, 0.05) is 6.42 Å². The first-order valence-electron chi connectivity index (χ1n) is 4.29. The molecule has 0 bridgehead atoms. The molecule has 2 nitrogen and oxygen atoms in total. The second kappa shape index (κ2) is 6.45. The Labute approximate surface area is 80.7 Å². The predicted molar refractivity (Wildman–Crippen MR) is 45.7 cm³/mol. The molecule has 14 heavy (non-hydrogen) atoms. The van der Waals surface area contributed by atoms with Gasteiger partial charge in [-0.2, -0.15) is 13.2 Å². The van der Waals surface area contributed by atoms with Crippen molar-refractivity contribution in [3.63, 3.8) is 0 Å². The first kappa shape index (κ1) is 13.0. The summed E-state index contributed by atoms with van der Waals surface area (Å²) in [6, 6.07) is 0. The van der Waals surface area contributed by atoms with Gasteiger partial charge in [-0.15, -0.1) is 6.58 Å². The van der Waals surface area contributed by atoms with Crippen molar-refractivity contribution in [3.8, 4) is 0 Å². The highest BCUT2D eigenvalue weighted by Gasteiger charge is 2.29. The summed E-state index contributed by atoms with van der Waals surface area (Å²) in [6.45, 7) is 1.99. The number of carbonyl (C=O) groups is 1. The lowest BCUT2D eigenvalue weighted by Crippen LogP contribution is -2.20. The van der Waals surface area contributed by atoms with Gasteiger partial charge in [-0.3, -0.25) is 4.79 Å². The van der Waals surface area contributed by atoms with Gasteiger partial charge in [0.2, 0.25) is 0 Å². The lowest BCUT2D eigenvalue weighted by molar-refractivity contribution is -0.186. The van der Waals surface area contributed by atoms with Gasteiger partial charge in [-0.25, -0.2) is 0 Å². The van der Waals surface area contributed by atoms with Gasteiger partial charge in [0.1, 0.15) is 0 Å². The van der Waals surface area contributed by atoms with Crippen molar-refractivity contribution < 1.29 is 22.7 Å². The predicted octanol–water partition coefficient (Wildman–Crippen LogP) is 2.84. The topological polar surface area (TPSA) is 26.3 Å². The molecule has 0 saturated heterocycles. The minimum atomic E-state index is -4.43. The van der Waals surface area contributed by atoms with E-state index in [-0.39, 0.29) is 6.42 Å². The zero-order chi connectivity index (χ0) is 11.0. The van der Waals surface area contributed by atoms with Crippen LogP contribution < -0.4 is 0 Å². The average molecular weight is 210 g/mol. The molecule has 0 unspecified atom stereocenters. The van der Waals surface area contributed by atoms with E-state index in [1.54, 1.807) is 6.08 Å². The Bertz CT molecular complexity index is 187. The molecule has 0 aromatic carbocycles. The Morgan fingerprint density at radius 1 is 1.36 bits per heavy atom. The molecule has 82 valence electrons. The smallest absolute Gasteiger partial charge is 0.422 e. The second-order valence-electron chi connectivity index (χ2n) is 2.81. The van der Waals surface area contributed by atoms with Gasteiger partial charge in [0.25, 0.3) is 0 Å². The van der Waals surface area contributed by atoms with Gasteiger partial charge >= 0.3 is 12.1 Å². The van der Waals surface area contributed by atoms with Crippen LogP contribution in [0, 0.1) is 0 Å². The van der Waals surface area contributed by atoms with E-state index in [1.807, 2.05) is 0 Å². The molecular formula is C9H13F3O2. The maximum atomic E-state index is 11.6. The Kier molecular flexibility index (Phi) is 5.99. The number of alkyl halides is 3. The van der Waals surface area contributed by atoms with E-state index in [1.165, 1.54) is 0 Å². The summed E-state index contributed by atoms with van der Waals surface area (Å²) in [7, 11) is 0. The van der Waals surface area contributed by atoms with Crippen molar-refractivity contribution in [3.05, 3.63) is 12.7 Å². The fraction of sp³-hybridized carbons (Fsp3) is 0.667. The SMILES string of the molecule is C=CCCCCC(=O)OCC(F)(F)F. The maximum absolute atomic E-state index is 11.6. The third-order valence-electron chi connectivity index (χ3n) is 1.44. The normalized spacial score (nSPS) is 11.1. The summed E-state index contributed by atoms with van der Waals surface area (Å²) in [6.07, 6.45) is -0.679. The molecule has 0 amide bonds. The number of allylic oxidation sites excluding steroid dienone is 1. The summed E-state index contributed by atoms with van der Waals surface area (Å²) < 4.78 is 38.7. The van der Waals surface area contributed by atoms with E-state index in [0.29, 0.717) is 6.42 Å². The third kappa shape index (κ3) is 9.09. The molecule has 0 N–H and O–H groups in total. The van der Waals surface area contributed by atoms with E-state index in [9.17, 15) is 18.0 Å². The van der Waals surface area contributed by atoms with Gasteiger partial charge in [-0.1, -0.05) is 6.08 Å². The largest absolute Gasteiger partial charge is 0.456 e. The lowest BCUT2D eigenvalue weighted by Gasteiger charge is -2.07. The van der Waals surface area contributed by atoms with Crippen molar-refractivity contribution in [2.45, 2.75) is 31.9 Å². The van der Waals surface area contributed by atoms with Crippen molar-refractivity contribution in [2.75, 3.05) is 6.61 Å². The maximum Gasteiger partial charge on any atom is 0.422 e. The molecule has 0 aromatic heterocycles. The summed E-state index contributed by atoms with van der Waals surface area (Å²) in [5.41, 5.74) is 0. The van der Waals surface area contributed by atoms with Gasteiger partial charge in [-0.05, 0) is 19.3 Å². The second-order valence-corrected chi connectivity index (χ2v) is 2.81. The molecule has 0 aliphatic rings. The van der Waals surface area contributed by atoms with Crippen LogP contribution in [0.4, 0.5) is 13.2 Å². The van der Waals surface area contributed by atoms with Crippen LogP contribution in [0.3, 0.4) is 0 Å². The quantitative estimate of drug-likeness (QED) is 0.383. The average Bonchev–Trinajstić information content (AvgIpc) is 2.08. The number of hydrogen-bond acceptors (Lipinski definition) is 2. The Morgan fingerprint density at radius 3 is 2.50 bits per heavy atom. The molecule has 0 radical (unpaired) electrons. The van der Waals surface area contributed by atoms with Crippen LogP contribution in [0.2, 0.25) is 0 Å². The van der Waals surface area contributed by atoms with Crippen molar-refractivity contribution in [1.82, 2.24) is 0 Å². The zero-order valence-corrected chi connectivity index (χ0v) is 7.77. The fourth-order valence-electron chi connectivity index (χ4n) is 0.793. The molecule has 5 heteroatoms. The Hall–Kier alpha value is -1.00. The van der Waals surface area contributed by atoms with Crippen LogP contribution in [0.1, 0.15) is 25.7 Å². The minimum absolute atomic E-state index is 0.0317. The molecule has 0 saturated carbocycles. The highest BCUT2D eigenvalue weighted by atomic mass is 19.4. The van der Waals surface area contributed by atoms with Crippen LogP contribution in [0.25, 0.3) is 0 Å². The van der Waals surface area contributed by atoms with Crippen molar-refractivity contribution in [1.29, 1.82) is 0 Å². The van der Waals surface area contributed by atoms with E-state index in [0.717, 1.165) is 12.8 Å². The molecule has 0 aromatic rings. The fourth-order valence-corrected chi connectivity index (χ4v) is 0.793. The summed E-state index contributed by atoms with van der Waals surface area (Å²) >= 11 is 0. The molecule has 0 fully saturated rings. The van der Waals surface area contributed by atoms with Crippen LogP contribution in [0.5, 0.6) is 0 Å². The first-order chi connectivity index (χ1) is 6.45. The third-order valence-corrected chi connectivity index (χ3v) is 1.44. The van der Waals surface area contributed by atoms with Crippen LogP contribution >= 0.6 is 0 Å². The molecule has 0 aliphatic heterocycles. The van der Waals surface area contributed by atoms with Crippen molar-refractivity contribution >= 4 is 5.97 Å². The van der Waals surface area contributed by atoms with Crippen LogP contribution in [0.15, 0.2) is 12.7 Å². The molecule has 0 heterocycles. The number of unbranched alkanes of at least 4 members (excludes halogenated alkanes) is 2. The van der Waals surface area contributed by atoms with Gasteiger partial charge in [0.05, 0.1) is 0 Å². The summed E-state index contributed by atoms with van der Waals surface area (Å²) in [4.78, 5) is 10.7. The molecule has 0 spiro atoms. The molecule has 0 atom stereocenters. The number of hydrogen-bond donors (Lipinski definition) is 0. The lowest BCUT2D eigenvalue weighted by atomic mass is 10.2. The standard InChI is InChI=1S/C9H13F3O2/c1-2-3-4-5-6-8(13)14-7-9(10,11)12/h2H,1,3-7H2. The van der Waals surface area contributed by atoms with Crippen LogP contribution in [-0.2, 0) is 9.53 Å². The van der Waals surface area contributed by atoms with Crippen LogP contribution in [-0.4, -0.2) is 18.8 Å². The number of rotatable bonds is 6. The molecule has 0 rings (SSSR count). The van der Waals surface area contributed by atoms with E-state index in [2.05, 4.69) is 11.3 Å². The Morgan fingerprint density at radius 2 is 2.00 bits per heavy atom. The van der Waals surface area contributed by atoms with E-state index >= 15 is 0 Å². The van der Waals surface area contributed by atoms with Gasteiger partial charge in [0.15, 0.2) is 6.61 Å². The number of carbonyl (C=O) groups excluding carboxylic acids is 1. The number of ether oxygens (including phenoxy) is 1. The molecular weight excluding hydrogens is 197 g/mol. The van der Waals surface area contributed by atoms with E-state index in [4.69, 9.17) is 0 Å². The zero-order valence-electron chi connectivity index (χ0n) is 7.77.